The number of nitrogens with zero attached hydrogens (tertiary/aromatic N) is 2. The molecule has 1 aromatic heterocycles. The van der Waals surface area contributed by atoms with Crippen LogP contribution in [-0.4, -0.2) is 41.9 Å². The molecule has 1 saturated heterocycles. The maximum Gasteiger partial charge on any atom is 0.341 e. The van der Waals surface area contributed by atoms with Crippen LogP contribution in [0.1, 0.15) is 49.0 Å². The van der Waals surface area contributed by atoms with E-state index in [4.69, 9.17) is 10.5 Å². The van der Waals surface area contributed by atoms with Crippen LogP contribution in [0.25, 0.3) is 10.9 Å². The first-order chi connectivity index (χ1) is 14.3. The zero-order chi connectivity index (χ0) is 21.4. The van der Waals surface area contributed by atoms with Gasteiger partial charge in [-0.15, -0.1) is 0 Å². The van der Waals surface area contributed by atoms with Gasteiger partial charge in [-0.1, -0.05) is 6.92 Å². The van der Waals surface area contributed by atoms with Crippen LogP contribution in [0.15, 0.2) is 17.1 Å². The number of benzene rings is 1. The number of carboxylic acids is 1. The third-order valence-electron chi connectivity index (χ3n) is 7.33. The van der Waals surface area contributed by atoms with Gasteiger partial charge in [-0.3, -0.25) is 4.79 Å². The van der Waals surface area contributed by atoms with E-state index in [1.165, 1.54) is 19.4 Å². The largest absolute Gasteiger partial charge is 0.492 e. The molecule has 3 N–H and O–H groups in total. The number of carboxylic acid groups (broad SMARTS) is 1. The number of rotatable bonds is 4. The van der Waals surface area contributed by atoms with Gasteiger partial charge in [0.05, 0.1) is 18.0 Å². The van der Waals surface area contributed by atoms with Gasteiger partial charge in [0, 0.05) is 31.4 Å². The molecule has 2 atom stereocenters. The molecule has 0 bridgehead atoms. The predicted octanol–water partition coefficient (Wildman–Crippen LogP) is 2.75. The number of ether oxygens (including phenoxy) is 1. The van der Waals surface area contributed by atoms with Crippen LogP contribution in [0.4, 0.5) is 10.1 Å². The van der Waals surface area contributed by atoms with Gasteiger partial charge >= 0.3 is 5.97 Å². The van der Waals surface area contributed by atoms with Gasteiger partial charge in [-0.2, -0.15) is 0 Å². The van der Waals surface area contributed by atoms with Crippen LogP contribution < -0.4 is 20.8 Å². The SMILES string of the molecule is COc1c(N2C[C@@H](N)[C@H](C)C3(CC3)C2)c(F)cc2c(=O)c(C(=O)O)cn(C3CC3)c12. The number of aromatic carboxylic acids is 1. The fourth-order valence-corrected chi connectivity index (χ4v) is 5.12. The van der Waals surface area contributed by atoms with E-state index >= 15 is 4.39 Å². The molecular formula is C22H26FN3O4. The molecule has 0 radical (unpaired) electrons. The lowest BCUT2D eigenvalue weighted by atomic mass is 9.80. The molecule has 2 aliphatic carbocycles. The Morgan fingerprint density at radius 2 is 2.07 bits per heavy atom. The van der Waals surface area contributed by atoms with E-state index in [2.05, 4.69) is 6.92 Å². The lowest BCUT2D eigenvalue weighted by Crippen LogP contribution is -2.53. The van der Waals surface area contributed by atoms with Gasteiger partial charge in [0.15, 0.2) is 11.6 Å². The number of halogens is 1. The summed E-state index contributed by atoms with van der Waals surface area (Å²) in [6.45, 7) is 3.37. The van der Waals surface area contributed by atoms with Crippen LogP contribution in [0, 0.1) is 17.2 Å². The maximum atomic E-state index is 15.5. The lowest BCUT2D eigenvalue weighted by molar-refractivity contribution is 0.0695. The number of carbonyl (C=O) groups is 1. The number of methoxy groups -OCH3 is 1. The fourth-order valence-electron chi connectivity index (χ4n) is 5.12. The summed E-state index contributed by atoms with van der Waals surface area (Å²) in [4.78, 5) is 26.4. The number of anilines is 1. The third kappa shape index (κ3) is 2.73. The van der Waals surface area contributed by atoms with Crippen LogP contribution >= 0.6 is 0 Å². The fraction of sp³-hybridized carbons (Fsp3) is 0.545. The van der Waals surface area contributed by atoms with Crippen LogP contribution in [0.5, 0.6) is 5.75 Å². The third-order valence-corrected chi connectivity index (χ3v) is 7.33. The summed E-state index contributed by atoms with van der Waals surface area (Å²) in [6.07, 6.45) is 5.28. The minimum absolute atomic E-state index is 0.0377. The normalized spacial score (nSPS) is 25.0. The molecule has 1 aliphatic heterocycles. The van der Waals surface area contributed by atoms with Crippen molar-refractivity contribution in [3.8, 4) is 5.75 Å². The minimum atomic E-state index is -1.31. The molecule has 1 spiro atoms. The number of fused-ring (bicyclic) bond motifs is 1. The number of piperidine rings is 1. The zero-order valence-electron chi connectivity index (χ0n) is 17.2. The number of pyridine rings is 1. The highest BCUT2D eigenvalue weighted by Gasteiger charge is 2.53. The van der Waals surface area contributed by atoms with Crippen molar-refractivity contribution in [2.24, 2.45) is 17.1 Å². The molecule has 0 amide bonds. The Hall–Kier alpha value is -2.61. The maximum absolute atomic E-state index is 15.5. The van der Waals surface area contributed by atoms with Crippen molar-refractivity contribution in [2.45, 2.75) is 44.7 Å². The average molecular weight is 415 g/mol. The topological polar surface area (TPSA) is 97.8 Å². The quantitative estimate of drug-likeness (QED) is 0.797. The van der Waals surface area contributed by atoms with Crippen molar-refractivity contribution in [1.29, 1.82) is 0 Å². The second kappa shape index (κ2) is 6.44. The average Bonchev–Trinajstić information content (AvgIpc) is 3.61. The standard InChI is InChI=1S/C22H26FN3O4/c1-11-16(24)9-25(10-22(11)5-6-22)18-15(23)7-13-17(20(18)30-2)26(12-3-4-12)8-14(19(13)27)21(28)29/h7-8,11-12,16H,3-6,9-10,24H2,1-2H3,(H,28,29)/t11-,16+/m0/s1. The summed E-state index contributed by atoms with van der Waals surface area (Å²) < 4.78 is 22.9. The lowest BCUT2D eigenvalue weighted by Gasteiger charge is -2.43. The highest BCUT2D eigenvalue weighted by Crippen LogP contribution is 2.56. The molecule has 2 saturated carbocycles. The first-order valence-corrected chi connectivity index (χ1v) is 10.5. The van der Waals surface area contributed by atoms with Gasteiger partial charge < -0.3 is 25.0 Å². The Bertz CT molecular complexity index is 1120. The van der Waals surface area contributed by atoms with Crippen molar-refractivity contribution in [3.63, 3.8) is 0 Å². The molecule has 7 nitrogen and oxygen atoms in total. The number of aromatic nitrogens is 1. The molecule has 8 heteroatoms. The number of hydrogen-bond donors (Lipinski definition) is 2. The Balaban J connectivity index is 1.75. The van der Waals surface area contributed by atoms with Gasteiger partial charge in [0.2, 0.25) is 5.43 Å². The van der Waals surface area contributed by atoms with E-state index in [9.17, 15) is 14.7 Å². The molecule has 3 fully saturated rings. The number of nitrogens with two attached hydrogens (primary N) is 1. The summed E-state index contributed by atoms with van der Waals surface area (Å²) in [6, 6.07) is 1.17. The first-order valence-electron chi connectivity index (χ1n) is 10.5. The summed E-state index contributed by atoms with van der Waals surface area (Å²) >= 11 is 0. The number of hydrogen-bond acceptors (Lipinski definition) is 5. The highest BCUT2D eigenvalue weighted by molar-refractivity contribution is 5.97. The summed E-state index contributed by atoms with van der Waals surface area (Å²) in [5.41, 5.74) is 6.25. The zero-order valence-corrected chi connectivity index (χ0v) is 17.2. The van der Waals surface area contributed by atoms with Crippen LogP contribution in [0.3, 0.4) is 0 Å². The highest BCUT2D eigenvalue weighted by atomic mass is 19.1. The molecular weight excluding hydrogens is 389 g/mol. The van der Waals surface area contributed by atoms with E-state index in [-0.39, 0.29) is 34.2 Å². The second-order valence-electron chi connectivity index (χ2n) is 9.15. The molecule has 160 valence electrons. The molecule has 0 unspecified atom stereocenters. The van der Waals surface area contributed by atoms with E-state index in [1.54, 1.807) is 4.57 Å². The Labute approximate surface area is 173 Å². The Kier molecular flexibility index (Phi) is 4.16. The summed E-state index contributed by atoms with van der Waals surface area (Å²) in [7, 11) is 1.46. The molecule has 1 aromatic carbocycles. The smallest absolute Gasteiger partial charge is 0.341 e. The first kappa shape index (κ1) is 19.4. The Morgan fingerprint density at radius 1 is 1.37 bits per heavy atom. The van der Waals surface area contributed by atoms with Crippen molar-refractivity contribution in [1.82, 2.24) is 4.57 Å². The summed E-state index contributed by atoms with van der Waals surface area (Å²) in [5, 5.41) is 9.50. The van der Waals surface area contributed by atoms with Crippen molar-refractivity contribution in [3.05, 3.63) is 33.9 Å². The van der Waals surface area contributed by atoms with Crippen molar-refractivity contribution < 1.29 is 19.0 Å². The van der Waals surface area contributed by atoms with Gasteiger partial charge in [-0.25, -0.2) is 9.18 Å². The molecule has 2 aromatic rings. The summed E-state index contributed by atoms with van der Waals surface area (Å²) in [5.74, 6) is -1.25. The predicted molar refractivity (Wildman–Crippen MR) is 111 cm³/mol. The molecule has 3 aliphatic rings. The van der Waals surface area contributed by atoms with Gasteiger partial charge in [0.25, 0.3) is 0 Å². The van der Waals surface area contributed by atoms with Gasteiger partial charge in [-0.05, 0) is 43.1 Å². The molecule has 2 heterocycles. The van der Waals surface area contributed by atoms with Crippen molar-refractivity contribution in [2.75, 3.05) is 25.1 Å². The van der Waals surface area contributed by atoms with Crippen LogP contribution in [0.2, 0.25) is 0 Å². The van der Waals surface area contributed by atoms with Crippen LogP contribution in [-0.2, 0) is 0 Å². The van der Waals surface area contributed by atoms with E-state index in [1.807, 2.05) is 4.90 Å². The van der Waals surface area contributed by atoms with Gasteiger partial charge in [0.1, 0.15) is 11.3 Å². The van der Waals surface area contributed by atoms with Crippen molar-refractivity contribution >= 4 is 22.6 Å². The van der Waals surface area contributed by atoms with E-state index in [0.717, 1.165) is 25.7 Å². The second-order valence-corrected chi connectivity index (χ2v) is 9.15. The van der Waals surface area contributed by atoms with E-state index < -0.39 is 17.2 Å². The molecule has 30 heavy (non-hydrogen) atoms. The van der Waals surface area contributed by atoms with E-state index in [0.29, 0.717) is 30.2 Å². The monoisotopic (exact) mass is 415 g/mol. The Morgan fingerprint density at radius 3 is 2.63 bits per heavy atom. The molecule has 5 rings (SSSR count). The minimum Gasteiger partial charge on any atom is -0.492 e.